The molecular formula is C5H9ClF3NO2. The summed E-state index contributed by atoms with van der Waals surface area (Å²) in [5.41, 5.74) is 0. The van der Waals surface area contributed by atoms with E-state index in [1.807, 2.05) is 5.32 Å². The quantitative estimate of drug-likeness (QED) is 0.677. The van der Waals surface area contributed by atoms with Gasteiger partial charge in [-0.2, -0.15) is 13.2 Å². The average molecular weight is 208 g/mol. The molecule has 0 aromatic rings. The molecule has 0 saturated heterocycles. The van der Waals surface area contributed by atoms with E-state index in [0.29, 0.717) is 0 Å². The Kier molecular flexibility index (Phi) is 7.12. The minimum Gasteiger partial charge on any atom is -0.481 e. The van der Waals surface area contributed by atoms with Crippen LogP contribution in [-0.4, -0.2) is 30.3 Å². The maximum atomic E-state index is 11.4. The standard InChI is InChI=1S/C5H8F3NO2.ClH/c6-5(7,8)3-9-2-1-4(10)11;/h9H,1-3H2,(H,10,11);1H. The largest absolute Gasteiger partial charge is 0.481 e. The lowest BCUT2D eigenvalue weighted by Gasteiger charge is -2.05. The van der Waals surface area contributed by atoms with Gasteiger partial charge in [0.15, 0.2) is 0 Å². The summed E-state index contributed by atoms with van der Waals surface area (Å²) in [4.78, 5) is 9.80. The van der Waals surface area contributed by atoms with Crippen molar-refractivity contribution in [3.8, 4) is 0 Å². The Balaban J connectivity index is 0. The van der Waals surface area contributed by atoms with E-state index in [2.05, 4.69) is 0 Å². The maximum absolute atomic E-state index is 11.4. The molecule has 74 valence electrons. The SMILES string of the molecule is Cl.O=C(O)CCNCC(F)(F)F. The number of nitrogens with one attached hydrogen (secondary N) is 1. The fourth-order valence-corrected chi connectivity index (χ4v) is 0.425. The molecule has 0 amide bonds. The van der Waals surface area contributed by atoms with Crippen molar-refractivity contribution >= 4 is 18.4 Å². The summed E-state index contributed by atoms with van der Waals surface area (Å²) in [5.74, 6) is -1.11. The molecule has 0 saturated carbocycles. The molecule has 0 spiro atoms. The van der Waals surface area contributed by atoms with Crippen LogP contribution in [0.4, 0.5) is 13.2 Å². The fourth-order valence-electron chi connectivity index (χ4n) is 0.425. The smallest absolute Gasteiger partial charge is 0.401 e. The van der Waals surface area contributed by atoms with Gasteiger partial charge < -0.3 is 10.4 Å². The molecule has 0 aliphatic heterocycles. The summed E-state index contributed by atoms with van der Waals surface area (Å²) in [7, 11) is 0. The van der Waals surface area contributed by atoms with Gasteiger partial charge in [-0.1, -0.05) is 0 Å². The van der Waals surface area contributed by atoms with Crippen LogP contribution in [0, 0.1) is 0 Å². The average Bonchev–Trinajstić information content (AvgIpc) is 1.78. The minimum absolute atomic E-state index is 0. The molecule has 3 nitrogen and oxygen atoms in total. The molecule has 0 bridgehead atoms. The summed E-state index contributed by atoms with van der Waals surface area (Å²) in [6, 6.07) is 0. The molecule has 0 aliphatic rings. The number of aliphatic carboxylic acids is 1. The zero-order valence-corrected chi connectivity index (χ0v) is 6.84. The molecule has 12 heavy (non-hydrogen) atoms. The number of carboxylic acids is 1. The highest BCUT2D eigenvalue weighted by Crippen LogP contribution is 2.11. The second-order valence-electron chi connectivity index (χ2n) is 1.94. The highest BCUT2D eigenvalue weighted by Gasteiger charge is 2.25. The van der Waals surface area contributed by atoms with E-state index >= 15 is 0 Å². The Hall–Kier alpha value is -0.490. The molecular weight excluding hydrogens is 199 g/mol. The Morgan fingerprint density at radius 2 is 1.92 bits per heavy atom. The third-order valence-corrected chi connectivity index (χ3v) is 0.841. The van der Waals surface area contributed by atoms with Crippen LogP contribution >= 0.6 is 12.4 Å². The lowest BCUT2D eigenvalue weighted by atomic mass is 10.4. The Morgan fingerprint density at radius 1 is 1.42 bits per heavy atom. The maximum Gasteiger partial charge on any atom is 0.401 e. The zero-order valence-electron chi connectivity index (χ0n) is 6.02. The Labute approximate surface area is 73.4 Å². The van der Waals surface area contributed by atoms with Gasteiger partial charge in [0.05, 0.1) is 13.0 Å². The highest BCUT2D eigenvalue weighted by molar-refractivity contribution is 5.85. The van der Waals surface area contributed by atoms with Crippen molar-refractivity contribution in [1.29, 1.82) is 0 Å². The van der Waals surface area contributed by atoms with Crippen LogP contribution in [0.15, 0.2) is 0 Å². The predicted octanol–water partition coefficient (Wildman–Crippen LogP) is 1.03. The van der Waals surface area contributed by atoms with Crippen LogP contribution in [0.1, 0.15) is 6.42 Å². The lowest BCUT2D eigenvalue weighted by molar-refractivity contribution is -0.138. The molecule has 2 N–H and O–H groups in total. The molecule has 0 fully saturated rings. The summed E-state index contributed by atoms with van der Waals surface area (Å²) < 4.78 is 34.1. The minimum atomic E-state index is -4.27. The first kappa shape index (κ1) is 14.1. The monoisotopic (exact) mass is 207 g/mol. The van der Waals surface area contributed by atoms with Crippen LogP contribution in [0.2, 0.25) is 0 Å². The van der Waals surface area contributed by atoms with Gasteiger partial charge in [0, 0.05) is 6.54 Å². The molecule has 0 aliphatic carbocycles. The Bertz CT molecular complexity index is 139. The van der Waals surface area contributed by atoms with Crippen molar-refractivity contribution in [3.63, 3.8) is 0 Å². The first-order valence-electron chi connectivity index (χ1n) is 2.91. The Morgan fingerprint density at radius 3 is 2.25 bits per heavy atom. The molecule has 0 atom stereocenters. The van der Waals surface area contributed by atoms with Gasteiger partial charge in [-0.25, -0.2) is 0 Å². The third kappa shape index (κ3) is 12.2. The van der Waals surface area contributed by atoms with Gasteiger partial charge in [0.25, 0.3) is 0 Å². The van der Waals surface area contributed by atoms with Crippen LogP contribution in [0.5, 0.6) is 0 Å². The lowest BCUT2D eigenvalue weighted by Crippen LogP contribution is -2.30. The fraction of sp³-hybridized carbons (Fsp3) is 0.800. The van der Waals surface area contributed by atoms with Crippen LogP contribution in [-0.2, 0) is 4.79 Å². The van der Waals surface area contributed by atoms with Crippen molar-refractivity contribution in [2.45, 2.75) is 12.6 Å². The normalized spacial score (nSPS) is 10.6. The van der Waals surface area contributed by atoms with Crippen molar-refractivity contribution in [3.05, 3.63) is 0 Å². The predicted molar refractivity (Wildman–Crippen MR) is 38.4 cm³/mol. The van der Waals surface area contributed by atoms with Crippen molar-refractivity contribution < 1.29 is 23.1 Å². The first-order chi connectivity index (χ1) is 4.92. The molecule has 0 unspecified atom stereocenters. The second kappa shape index (κ2) is 6.07. The van der Waals surface area contributed by atoms with Crippen LogP contribution < -0.4 is 5.32 Å². The van der Waals surface area contributed by atoms with Gasteiger partial charge in [-0.3, -0.25) is 4.79 Å². The van der Waals surface area contributed by atoms with E-state index < -0.39 is 18.7 Å². The van der Waals surface area contributed by atoms with Gasteiger partial charge in [-0.15, -0.1) is 12.4 Å². The molecule has 0 radical (unpaired) electrons. The molecule has 0 aromatic heterocycles. The van der Waals surface area contributed by atoms with E-state index in [1.165, 1.54) is 0 Å². The highest BCUT2D eigenvalue weighted by atomic mass is 35.5. The number of halogens is 4. The van der Waals surface area contributed by atoms with Gasteiger partial charge in [-0.05, 0) is 0 Å². The summed E-state index contributed by atoms with van der Waals surface area (Å²) in [6.07, 6.45) is -4.56. The van der Waals surface area contributed by atoms with Crippen LogP contribution in [0.3, 0.4) is 0 Å². The summed E-state index contributed by atoms with van der Waals surface area (Å²) in [5, 5.41) is 9.97. The van der Waals surface area contributed by atoms with E-state index in [1.54, 1.807) is 0 Å². The topological polar surface area (TPSA) is 49.3 Å². The van der Waals surface area contributed by atoms with Crippen molar-refractivity contribution in [1.82, 2.24) is 5.32 Å². The van der Waals surface area contributed by atoms with E-state index in [-0.39, 0.29) is 25.4 Å². The number of alkyl halides is 3. The number of hydrogen-bond donors (Lipinski definition) is 2. The van der Waals surface area contributed by atoms with E-state index in [9.17, 15) is 18.0 Å². The molecule has 0 rings (SSSR count). The molecule has 7 heteroatoms. The number of carbonyl (C=O) groups is 1. The zero-order chi connectivity index (χ0) is 8.91. The van der Waals surface area contributed by atoms with Gasteiger partial charge >= 0.3 is 12.1 Å². The van der Waals surface area contributed by atoms with E-state index in [4.69, 9.17) is 5.11 Å². The number of rotatable bonds is 4. The molecule has 0 aromatic carbocycles. The summed E-state index contributed by atoms with van der Waals surface area (Å²) in [6.45, 7) is -1.30. The second-order valence-corrected chi connectivity index (χ2v) is 1.94. The van der Waals surface area contributed by atoms with Crippen molar-refractivity contribution in [2.75, 3.05) is 13.1 Å². The van der Waals surface area contributed by atoms with Crippen molar-refractivity contribution in [2.24, 2.45) is 0 Å². The van der Waals surface area contributed by atoms with Gasteiger partial charge in [0.1, 0.15) is 0 Å². The van der Waals surface area contributed by atoms with E-state index in [0.717, 1.165) is 0 Å². The van der Waals surface area contributed by atoms with Gasteiger partial charge in [0.2, 0.25) is 0 Å². The third-order valence-electron chi connectivity index (χ3n) is 0.841. The number of hydrogen-bond acceptors (Lipinski definition) is 2. The van der Waals surface area contributed by atoms with Crippen LogP contribution in [0.25, 0.3) is 0 Å². The first-order valence-corrected chi connectivity index (χ1v) is 2.91. The number of carboxylic acid groups (broad SMARTS) is 1. The molecule has 0 heterocycles. The summed E-state index contributed by atoms with van der Waals surface area (Å²) >= 11 is 0.